The van der Waals surface area contributed by atoms with Crippen LogP contribution in [0.2, 0.25) is 0 Å². The van der Waals surface area contributed by atoms with Gasteiger partial charge in [-0.1, -0.05) is 36.5 Å². The van der Waals surface area contributed by atoms with E-state index in [9.17, 15) is 0 Å². The summed E-state index contributed by atoms with van der Waals surface area (Å²) in [6, 6.07) is 14.6. The second-order valence-electron chi connectivity index (χ2n) is 4.80. The van der Waals surface area contributed by atoms with Crippen molar-refractivity contribution in [2.75, 3.05) is 0 Å². The van der Waals surface area contributed by atoms with E-state index in [1.807, 2.05) is 30.3 Å². The zero-order valence-corrected chi connectivity index (χ0v) is 20.5. The Morgan fingerprint density at radius 2 is 1.42 bits per heavy atom. The normalized spacial score (nSPS) is 12.0. The maximum absolute atomic E-state index is 3.40. The van der Waals surface area contributed by atoms with E-state index in [-0.39, 0.29) is 63.0 Å². The van der Waals surface area contributed by atoms with E-state index in [4.69, 9.17) is 0 Å². The Morgan fingerprint density at radius 1 is 0.917 bits per heavy atom. The van der Waals surface area contributed by atoms with Crippen LogP contribution in [-0.4, -0.2) is 0 Å². The number of rotatable bonds is 1. The third-order valence-electron chi connectivity index (χ3n) is 3.48. The van der Waals surface area contributed by atoms with Gasteiger partial charge < -0.3 is 37.1 Å². The molecule has 1 aliphatic rings. The van der Waals surface area contributed by atoms with E-state index < -0.39 is 0 Å². The van der Waals surface area contributed by atoms with Crippen LogP contribution < -0.4 is 0 Å². The summed E-state index contributed by atoms with van der Waals surface area (Å²) in [7, 11) is 0. The second-order valence-corrected chi connectivity index (χ2v) is 4.80. The van der Waals surface area contributed by atoms with Crippen LogP contribution in [-0.2, 0) is 25.8 Å². The van der Waals surface area contributed by atoms with Crippen LogP contribution in [0.1, 0.15) is 41.5 Å². The van der Waals surface area contributed by atoms with Crippen molar-refractivity contribution < 1.29 is 25.8 Å². The maximum Gasteiger partial charge on any atom is 0 e. The second kappa shape index (κ2) is 17.0. The van der Waals surface area contributed by atoms with E-state index >= 15 is 0 Å². The first-order valence-electron chi connectivity index (χ1n) is 6.59. The molecule has 2 aromatic rings. The van der Waals surface area contributed by atoms with Gasteiger partial charge in [0.2, 0.25) is 0 Å². The zero-order valence-electron chi connectivity index (χ0n) is 16.9. The first-order valence-corrected chi connectivity index (χ1v) is 6.59. The van der Waals surface area contributed by atoms with Crippen molar-refractivity contribution >= 4 is 6.08 Å². The third-order valence-corrected chi connectivity index (χ3v) is 3.48. The Balaban J connectivity index is -0.0000000973. The molecular weight excluding hydrogens is 455 g/mol. The molecule has 2 aromatic carbocycles. The van der Waals surface area contributed by atoms with Gasteiger partial charge in [0, 0.05) is 25.8 Å². The van der Waals surface area contributed by atoms with Crippen LogP contribution in [0.5, 0.6) is 0 Å². The van der Waals surface area contributed by atoms with E-state index in [1.54, 1.807) is 0 Å². The first kappa shape index (κ1) is 34.5. The molecule has 0 saturated carbocycles. The third kappa shape index (κ3) is 8.87. The van der Waals surface area contributed by atoms with E-state index in [2.05, 4.69) is 45.1 Å². The molecule has 0 aliphatic heterocycles. The topological polar surface area (TPSA) is 0 Å². The van der Waals surface area contributed by atoms with E-state index in [0.29, 0.717) is 5.92 Å². The molecule has 0 saturated heterocycles. The summed E-state index contributed by atoms with van der Waals surface area (Å²) in [6.07, 6.45) is 6.69. The minimum atomic E-state index is 0. The molecule has 24 heavy (non-hydrogen) atoms. The van der Waals surface area contributed by atoms with Crippen LogP contribution in [0, 0.1) is 57.1 Å². The fourth-order valence-electron chi connectivity index (χ4n) is 2.23. The van der Waals surface area contributed by atoms with Crippen molar-refractivity contribution in [2.45, 2.75) is 33.1 Å². The zero-order chi connectivity index (χ0) is 13.0. The Labute approximate surface area is 172 Å². The summed E-state index contributed by atoms with van der Waals surface area (Å²) in [5.41, 5.74) is 5.61. The number of aryl methyl sites for hydroxylation is 2. The van der Waals surface area contributed by atoms with E-state index in [1.165, 1.54) is 22.3 Å². The van der Waals surface area contributed by atoms with Gasteiger partial charge in [-0.15, -0.1) is 11.6 Å². The molecule has 0 heterocycles. The van der Waals surface area contributed by atoms with Crippen LogP contribution in [0.25, 0.3) is 6.08 Å². The van der Waals surface area contributed by atoms with Crippen molar-refractivity contribution in [1.82, 2.24) is 0 Å². The number of fused-ring (bicyclic) bond motifs is 1. The molecule has 0 radical (unpaired) electrons. The molecule has 3 rings (SSSR count). The molecule has 1 unspecified atom stereocenters. The summed E-state index contributed by atoms with van der Waals surface area (Å²) in [5, 5.41) is 0. The van der Waals surface area contributed by atoms with Crippen molar-refractivity contribution in [1.29, 1.82) is 0 Å². The first-order chi connectivity index (χ1) is 8.72. The Bertz CT molecular complexity index is 504. The van der Waals surface area contributed by atoms with Gasteiger partial charge in [0.15, 0.2) is 0 Å². The van der Waals surface area contributed by atoms with Crippen LogP contribution in [0.3, 0.4) is 0 Å². The Kier molecular flexibility index (Phi) is 24.5. The average Bonchev–Trinajstić information content (AvgIpc) is 3.02. The van der Waals surface area contributed by atoms with Crippen molar-refractivity contribution in [3.8, 4) is 0 Å². The minimum Gasteiger partial charge on any atom is -0.358 e. The fraction of sp³-hybridized carbons (Fsp3) is 0.217. The predicted octanol–water partition coefficient (Wildman–Crippen LogP) is 7.28. The predicted molar refractivity (Wildman–Crippen MR) is 111 cm³/mol. The van der Waals surface area contributed by atoms with Gasteiger partial charge in [-0.2, -0.15) is 23.8 Å². The number of hydrogen-bond acceptors (Lipinski definition) is 0. The van der Waals surface area contributed by atoms with Crippen LogP contribution in [0.4, 0.5) is 0 Å². The maximum atomic E-state index is 3.40. The largest absolute Gasteiger partial charge is 0.358 e. The number of allylic oxidation sites excluding steroid dienone is 1. The molecule has 1 aliphatic carbocycles. The van der Waals surface area contributed by atoms with Gasteiger partial charge in [0.05, 0.1) is 0 Å². The smallest absolute Gasteiger partial charge is 0 e. The fourth-order valence-corrected chi connectivity index (χ4v) is 2.23. The van der Waals surface area contributed by atoms with Gasteiger partial charge in [-0.3, -0.25) is 6.08 Å². The van der Waals surface area contributed by atoms with Gasteiger partial charge in [-0.25, -0.2) is 18.2 Å². The molecule has 0 amide bonds. The molecule has 0 spiro atoms. The average molecular weight is 490 g/mol. The van der Waals surface area contributed by atoms with Crippen molar-refractivity contribution in [3.63, 3.8) is 0 Å². The van der Waals surface area contributed by atoms with Gasteiger partial charge in [0.25, 0.3) is 0 Å². The monoisotopic (exact) mass is 491 g/mol. The van der Waals surface area contributed by atoms with Crippen LogP contribution in [0.15, 0.2) is 42.5 Å². The van der Waals surface area contributed by atoms with Gasteiger partial charge in [-0.05, 0) is 13.8 Å². The molecule has 0 nitrogen and oxygen atoms in total. The van der Waals surface area contributed by atoms with Crippen molar-refractivity contribution in [3.05, 3.63) is 108 Å². The summed E-state index contributed by atoms with van der Waals surface area (Å²) in [5.74, 6) is 0.536. The molecule has 0 aromatic heterocycles. The summed E-state index contributed by atoms with van der Waals surface area (Å²) in [6.45, 7) is 6.57. The SMILES string of the molecule is CCC1[C-]=Cc2cc(C)c(C)cc21.[CH3-].[CH3-].[CH3-].[CH3-].[CH3-].[Hf].c1cc[cH-]c1. The minimum absolute atomic E-state index is 0. The Hall–Kier alpha value is -0.820. The van der Waals surface area contributed by atoms with Gasteiger partial charge in [0.1, 0.15) is 0 Å². The standard InChI is InChI=1S/C13H15.C5H5.5CH3.Hf/c1-4-11-5-6-12-7-9(2)10(3)8-13(11)12;1-2-4-5-3-1;;;;;;/h6-8,11H,4H2,1-3H3;1-5H;5*1H3;/q7*-1;. The molecule has 0 N–H and O–H groups in total. The Morgan fingerprint density at radius 3 is 1.83 bits per heavy atom. The number of benzene rings is 1. The van der Waals surface area contributed by atoms with Gasteiger partial charge >= 0.3 is 0 Å². The molecule has 1 heteroatoms. The van der Waals surface area contributed by atoms with E-state index in [0.717, 1.165) is 6.42 Å². The molecule has 0 fully saturated rings. The summed E-state index contributed by atoms with van der Waals surface area (Å²) < 4.78 is 0. The molecule has 138 valence electrons. The van der Waals surface area contributed by atoms with Crippen LogP contribution >= 0.6 is 0 Å². The summed E-state index contributed by atoms with van der Waals surface area (Å²) >= 11 is 0. The molecular formula is C23H35Hf-7. The molecule has 0 bridgehead atoms. The van der Waals surface area contributed by atoms with Crippen molar-refractivity contribution in [2.24, 2.45) is 0 Å². The quantitative estimate of drug-likeness (QED) is 0.291. The molecule has 1 atom stereocenters. The number of hydrogen-bond donors (Lipinski definition) is 0. The summed E-state index contributed by atoms with van der Waals surface area (Å²) in [4.78, 5) is 0.